The van der Waals surface area contributed by atoms with E-state index in [-0.39, 0.29) is 55.4 Å². The minimum atomic E-state index is -1.03. The fraction of sp³-hybridized carbons (Fsp3) is 0.294. The van der Waals surface area contributed by atoms with E-state index in [0.717, 1.165) is 34.3 Å². The molecular formula is C34H37ClN8O11. The molecule has 20 heteroatoms. The Hall–Kier alpha value is -5.35. The first-order valence-electron chi connectivity index (χ1n) is 16.5. The molecule has 0 bridgehead atoms. The van der Waals surface area contributed by atoms with Crippen molar-refractivity contribution in [1.29, 1.82) is 0 Å². The molecule has 4 N–H and O–H groups in total. The highest BCUT2D eigenvalue weighted by Crippen LogP contribution is 2.30. The summed E-state index contributed by atoms with van der Waals surface area (Å²) in [6.07, 6.45) is 1.54. The van der Waals surface area contributed by atoms with Crippen LogP contribution in [0.2, 0.25) is 5.15 Å². The molecule has 2 aromatic heterocycles. The highest BCUT2D eigenvalue weighted by Gasteiger charge is 2.24. The second kappa shape index (κ2) is 19.6. The Morgan fingerprint density at radius 3 is 2.35 bits per heavy atom. The third kappa shape index (κ3) is 11.3. The number of ether oxygens (including phenoxy) is 3. The summed E-state index contributed by atoms with van der Waals surface area (Å²) in [5, 5.41) is 46.5. The molecule has 286 valence electrons. The molecule has 0 saturated carbocycles. The molecule has 54 heavy (non-hydrogen) atoms. The summed E-state index contributed by atoms with van der Waals surface area (Å²) < 4.78 is 17.4. The molecule has 0 amide bonds. The van der Waals surface area contributed by atoms with Gasteiger partial charge in [-0.1, -0.05) is 85.6 Å². The zero-order chi connectivity index (χ0) is 38.5. The average Bonchev–Trinajstić information content (AvgIpc) is 3.76. The molecule has 0 fully saturated rings. The maximum absolute atomic E-state index is 13.1. The molecular weight excluding hydrogens is 732 g/mol. The lowest BCUT2D eigenvalue weighted by Gasteiger charge is -2.13. The number of aryl methyl sites for hydroxylation is 1. The van der Waals surface area contributed by atoms with Gasteiger partial charge < -0.3 is 18.8 Å². The number of carbonyl (C=O) groups is 2. The van der Waals surface area contributed by atoms with E-state index < -0.39 is 22.9 Å². The summed E-state index contributed by atoms with van der Waals surface area (Å²) >= 11 is 6.45. The van der Waals surface area contributed by atoms with E-state index in [2.05, 4.69) is 37.0 Å². The van der Waals surface area contributed by atoms with Crippen LogP contribution in [0.15, 0.2) is 72.8 Å². The summed E-state index contributed by atoms with van der Waals surface area (Å²) in [4.78, 5) is 40.0. The van der Waals surface area contributed by atoms with Crippen LogP contribution in [-0.2, 0) is 45.5 Å². The van der Waals surface area contributed by atoms with Gasteiger partial charge in [-0.05, 0) is 46.0 Å². The van der Waals surface area contributed by atoms with Crippen LogP contribution in [0, 0.1) is 0 Å². The van der Waals surface area contributed by atoms with Gasteiger partial charge in [-0.25, -0.2) is 19.4 Å². The van der Waals surface area contributed by atoms with E-state index >= 15 is 0 Å². The third-order valence-electron chi connectivity index (χ3n) is 7.65. The van der Waals surface area contributed by atoms with Gasteiger partial charge in [0.05, 0.1) is 30.6 Å². The number of imidazole rings is 1. The van der Waals surface area contributed by atoms with Crippen molar-refractivity contribution in [1.82, 2.24) is 40.5 Å². The van der Waals surface area contributed by atoms with Crippen LogP contribution in [0.5, 0.6) is 5.75 Å². The van der Waals surface area contributed by atoms with E-state index in [1.54, 1.807) is 16.7 Å². The number of halogens is 1. The van der Waals surface area contributed by atoms with Gasteiger partial charge >= 0.3 is 12.1 Å². The Morgan fingerprint density at radius 1 is 0.852 bits per heavy atom. The van der Waals surface area contributed by atoms with Crippen molar-refractivity contribution in [2.24, 2.45) is 0 Å². The summed E-state index contributed by atoms with van der Waals surface area (Å²) in [7, 11) is 0. The Kier molecular flexibility index (Phi) is 14.5. The molecule has 0 aliphatic heterocycles. The largest absolute Gasteiger partial charge is 0.515 e. The summed E-state index contributed by atoms with van der Waals surface area (Å²) in [6.45, 7) is 1.65. The van der Waals surface area contributed by atoms with Gasteiger partial charge in [-0.3, -0.25) is 25.7 Å². The zero-order valence-corrected chi connectivity index (χ0v) is 29.7. The summed E-state index contributed by atoms with van der Waals surface area (Å²) in [5.41, 5.74) is 3.82. The number of carbonyl (C=O) groups excluding carboxylic acids is 2. The minimum absolute atomic E-state index is 0.0316. The lowest BCUT2D eigenvalue weighted by atomic mass is 9.98. The topological polar surface area (TPSA) is 229 Å². The fourth-order valence-corrected chi connectivity index (χ4v) is 5.45. The Labute approximate surface area is 312 Å². The maximum Gasteiger partial charge on any atom is 0.515 e. The molecule has 5 aromatic rings. The van der Waals surface area contributed by atoms with Crippen LogP contribution in [-0.4, -0.2) is 86.7 Å². The monoisotopic (exact) mass is 768 g/mol. The van der Waals surface area contributed by atoms with Crippen molar-refractivity contribution >= 4 is 23.7 Å². The standard InChI is InChI=1S/C34H37ClN8O11/c1-2-3-12-29-36-31(35)30(33(44)50-17-7-18-52-42(46)47)40(29)20-23-13-15-25(16-14-23)27-10-4-5-11-28(27)32-37-39-41(38-32)22-51-34(45)54-26-9-6-8-24(19-26)21-53-43(48)49/h4-6,8-11,13-16,19,46-49H,2-3,7,12,17-18,20-22H2,1H3. The SMILES string of the molecule is CCCCc1nc(Cl)c(C(=O)OCCCON(O)O)n1Cc1ccc(-c2ccccc2-c2nnn(COC(=O)Oc3cccc(CON(O)O)c3)n2)cc1. The quantitative estimate of drug-likeness (QED) is 0.0352. The third-order valence-corrected chi connectivity index (χ3v) is 7.91. The molecule has 0 atom stereocenters. The van der Waals surface area contributed by atoms with Crippen LogP contribution in [0.4, 0.5) is 4.79 Å². The van der Waals surface area contributed by atoms with Crippen molar-refractivity contribution in [2.45, 2.75) is 52.5 Å². The lowest BCUT2D eigenvalue weighted by molar-refractivity contribution is -0.497. The van der Waals surface area contributed by atoms with Gasteiger partial charge in [0.25, 0.3) is 0 Å². The number of hydrogen-bond donors (Lipinski definition) is 4. The first-order chi connectivity index (χ1) is 26.1. The molecule has 19 nitrogen and oxygen atoms in total. The maximum atomic E-state index is 13.1. The van der Waals surface area contributed by atoms with Crippen molar-refractivity contribution < 1.29 is 54.3 Å². The molecule has 2 heterocycles. The molecule has 0 spiro atoms. The molecule has 0 saturated heterocycles. The first-order valence-corrected chi connectivity index (χ1v) is 16.9. The summed E-state index contributed by atoms with van der Waals surface area (Å²) in [5.74, 6) is 0.412. The second-order valence-electron chi connectivity index (χ2n) is 11.5. The zero-order valence-electron chi connectivity index (χ0n) is 28.9. The number of esters is 1. The normalized spacial score (nSPS) is 11.3. The van der Waals surface area contributed by atoms with E-state index in [4.69, 9.17) is 46.6 Å². The Balaban J connectivity index is 1.24. The van der Waals surface area contributed by atoms with Gasteiger partial charge in [0, 0.05) is 24.9 Å². The van der Waals surface area contributed by atoms with Gasteiger partial charge in [0.15, 0.2) is 10.8 Å². The van der Waals surface area contributed by atoms with Crippen molar-refractivity contribution in [3.63, 3.8) is 0 Å². The molecule has 0 aliphatic carbocycles. The van der Waals surface area contributed by atoms with Crippen LogP contribution in [0.25, 0.3) is 22.5 Å². The highest BCUT2D eigenvalue weighted by molar-refractivity contribution is 6.32. The second-order valence-corrected chi connectivity index (χ2v) is 11.8. The number of unbranched alkanes of at least 4 members (excludes halogenated alkanes) is 1. The fourth-order valence-electron chi connectivity index (χ4n) is 5.17. The number of tetrazole rings is 1. The predicted molar refractivity (Wildman–Crippen MR) is 184 cm³/mol. The van der Waals surface area contributed by atoms with Gasteiger partial charge in [0.2, 0.25) is 12.6 Å². The molecule has 0 unspecified atom stereocenters. The van der Waals surface area contributed by atoms with Crippen molar-refractivity contribution in [3.8, 4) is 28.3 Å². The van der Waals surface area contributed by atoms with E-state index in [1.165, 1.54) is 12.1 Å². The molecule has 5 rings (SSSR count). The predicted octanol–water partition coefficient (Wildman–Crippen LogP) is 5.49. The van der Waals surface area contributed by atoms with Crippen LogP contribution >= 0.6 is 11.6 Å². The van der Waals surface area contributed by atoms with Crippen molar-refractivity contribution in [3.05, 3.63) is 101 Å². The number of rotatable bonds is 19. The van der Waals surface area contributed by atoms with Crippen LogP contribution < -0.4 is 4.74 Å². The smallest absolute Gasteiger partial charge is 0.461 e. The Bertz CT molecular complexity index is 1990. The highest BCUT2D eigenvalue weighted by atomic mass is 35.5. The molecule has 3 aromatic carbocycles. The van der Waals surface area contributed by atoms with Gasteiger partial charge in [0.1, 0.15) is 11.6 Å². The number of nitrogens with zero attached hydrogens (tertiary/aromatic N) is 8. The van der Waals surface area contributed by atoms with E-state index in [1.807, 2.05) is 48.5 Å². The summed E-state index contributed by atoms with van der Waals surface area (Å²) in [6, 6.07) is 21.3. The lowest BCUT2D eigenvalue weighted by Crippen LogP contribution is -2.18. The van der Waals surface area contributed by atoms with E-state index in [0.29, 0.717) is 29.9 Å². The average molecular weight is 769 g/mol. The Morgan fingerprint density at radius 2 is 1.61 bits per heavy atom. The number of hydrogen-bond acceptors (Lipinski definition) is 17. The van der Waals surface area contributed by atoms with Crippen molar-refractivity contribution in [2.75, 3.05) is 13.2 Å². The number of aromatic nitrogens is 6. The molecule has 0 radical (unpaired) electrons. The number of benzene rings is 3. The van der Waals surface area contributed by atoms with Crippen LogP contribution in [0.1, 0.15) is 53.6 Å². The van der Waals surface area contributed by atoms with Crippen LogP contribution in [0.3, 0.4) is 0 Å². The molecule has 0 aliphatic rings. The van der Waals surface area contributed by atoms with Gasteiger partial charge in [-0.2, -0.15) is 0 Å². The van der Waals surface area contributed by atoms with Gasteiger partial charge in [-0.15, -0.1) is 15.0 Å². The van der Waals surface area contributed by atoms with E-state index in [9.17, 15) is 9.59 Å². The minimum Gasteiger partial charge on any atom is -0.461 e. The first kappa shape index (κ1) is 39.8.